The van der Waals surface area contributed by atoms with Gasteiger partial charge in [-0.05, 0) is 0 Å². The molecule has 0 spiro atoms. The van der Waals surface area contributed by atoms with Crippen molar-refractivity contribution in [1.29, 1.82) is 0 Å². The van der Waals surface area contributed by atoms with Crippen LogP contribution in [0.4, 0.5) is 0 Å². The summed E-state index contributed by atoms with van der Waals surface area (Å²) in [5.74, 6) is -0.679. The molecule has 0 heterocycles. The molecule has 0 aromatic rings. The van der Waals surface area contributed by atoms with Crippen LogP contribution in [0.5, 0.6) is 0 Å². The Bertz CT molecular complexity index is 59.8. The van der Waals surface area contributed by atoms with Crippen molar-refractivity contribution < 1.29 is 9.90 Å². The first-order valence-electron chi connectivity index (χ1n) is 1.87. The summed E-state index contributed by atoms with van der Waals surface area (Å²) in [5.41, 5.74) is -0.0926. The predicted octanol–water partition coefficient (Wildman–Crippen LogP) is -0.755. The Labute approximate surface area is 39.6 Å². The molecule has 0 rings (SSSR count). The van der Waals surface area contributed by atoms with Gasteiger partial charge in [-0.25, -0.2) is 0 Å². The highest BCUT2D eigenvalue weighted by Gasteiger charge is 1.99. The molecule has 0 saturated carbocycles. The van der Waals surface area contributed by atoms with Gasteiger partial charge >= 0.3 is 5.97 Å². The standard InChI is InChI=1S/C3H8O2Si/c1-2(6)3(4)5/h2H,1,6H3,(H,4,5). The molecular weight excluding hydrogens is 96.1 g/mol. The summed E-state index contributed by atoms with van der Waals surface area (Å²) in [7, 11) is 0.754. The van der Waals surface area contributed by atoms with E-state index in [1.807, 2.05) is 0 Å². The van der Waals surface area contributed by atoms with Gasteiger partial charge in [0, 0.05) is 15.8 Å². The highest BCUT2D eigenvalue weighted by molar-refractivity contribution is 6.21. The third-order valence-corrected chi connectivity index (χ3v) is 0.988. The Kier molecular flexibility index (Phi) is 1.87. The molecular formula is C3H8O2Si. The topological polar surface area (TPSA) is 37.3 Å². The van der Waals surface area contributed by atoms with Crippen LogP contribution >= 0.6 is 0 Å². The van der Waals surface area contributed by atoms with Gasteiger partial charge in [0.1, 0.15) is 0 Å². The Balaban J connectivity index is 3.26. The monoisotopic (exact) mass is 104 g/mol. The smallest absolute Gasteiger partial charge is 0.302 e. The van der Waals surface area contributed by atoms with Crippen molar-refractivity contribution >= 4 is 16.2 Å². The summed E-state index contributed by atoms with van der Waals surface area (Å²) >= 11 is 0. The van der Waals surface area contributed by atoms with E-state index in [1.165, 1.54) is 0 Å². The van der Waals surface area contributed by atoms with Crippen molar-refractivity contribution in [3.8, 4) is 0 Å². The highest BCUT2D eigenvalue weighted by Crippen LogP contribution is 1.90. The minimum Gasteiger partial charge on any atom is -0.481 e. The molecule has 2 nitrogen and oxygen atoms in total. The van der Waals surface area contributed by atoms with Crippen molar-refractivity contribution in [3.05, 3.63) is 0 Å². The van der Waals surface area contributed by atoms with Crippen LogP contribution in [0, 0.1) is 0 Å². The van der Waals surface area contributed by atoms with E-state index in [1.54, 1.807) is 6.92 Å². The van der Waals surface area contributed by atoms with Crippen LogP contribution in [-0.2, 0) is 4.79 Å². The van der Waals surface area contributed by atoms with E-state index in [4.69, 9.17) is 5.11 Å². The van der Waals surface area contributed by atoms with Crippen LogP contribution in [0.1, 0.15) is 6.92 Å². The molecule has 0 aromatic heterocycles. The summed E-state index contributed by atoms with van der Waals surface area (Å²) in [6, 6.07) is 0. The lowest BCUT2D eigenvalue weighted by molar-refractivity contribution is -0.136. The van der Waals surface area contributed by atoms with Crippen LogP contribution in [0.25, 0.3) is 0 Å². The molecule has 3 heteroatoms. The van der Waals surface area contributed by atoms with Gasteiger partial charge in [0.2, 0.25) is 0 Å². The minimum absolute atomic E-state index is 0.0926. The largest absolute Gasteiger partial charge is 0.481 e. The molecule has 0 fully saturated rings. The Morgan fingerprint density at radius 1 is 2.00 bits per heavy atom. The molecule has 1 N–H and O–H groups in total. The predicted molar refractivity (Wildman–Crippen MR) is 27.0 cm³/mol. The fraction of sp³-hybridized carbons (Fsp3) is 0.667. The summed E-state index contributed by atoms with van der Waals surface area (Å²) in [4.78, 5) is 9.73. The quantitative estimate of drug-likeness (QED) is 0.444. The fourth-order valence-electron chi connectivity index (χ4n) is 0. The van der Waals surface area contributed by atoms with Gasteiger partial charge in [0.25, 0.3) is 0 Å². The van der Waals surface area contributed by atoms with Crippen LogP contribution in [0.15, 0.2) is 0 Å². The number of aliphatic carboxylic acids is 1. The maximum absolute atomic E-state index is 9.73. The maximum atomic E-state index is 9.73. The number of carboxylic acid groups (broad SMARTS) is 1. The summed E-state index contributed by atoms with van der Waals surface area (Å²) < 4.78 is 0. The molecule has 0 radical (unpaired) electrons. The fourth-order valence-corrected chi connectivity index (χ4v) is 0. The van der Waals surface area contributed by atoms with Gasteiger partial charge in [0.15, 0.2) is 0 Å². The zero-order chi connectivity index (χ0) is 5.15. The van der Waals surface area contributed by atoms with Gasteiger partial charge in [-0.15, -0.1) is 0 Å². The first kappa shape index (κ1) is 5.69. The number of carbonyl (C=O) groups is 1. The Hall–Kier alpha value is -0.313. The SMILES string of the molecule is CC([SiH3])C(=O)O. The van der Waals surface area contributed by atoms with Crippen molar-refractivity contribution in [2.75, 3.05) is 0 Å². The van der Waals surface area contributed by atoms with E-state index in [0.717, 1.165) is 10.2 Å². The first-order chi connectivity index (χ1) is 2.64. The van der Waals surface area contributed by atoms with Gasteiger partial charge < -0.3 is 5.11 Å². The Morgan fingerprint density at radius 2 is 2.17 bits per heavy atom. The van der Waals surface area contributed by atoms with E-state index < -0.39 is 5.97 Å². The maximum Gasteiger partial charge on any atom is 0.302 e. The lowest BCUT2D eigenvalue weighted by atomic mass is 10.5. The van der Waals surface area contributed by atoms with Crippen LogP contribution in [0.2, 0.25) is 5.54 Å². The molecule has 1 atom stereocenters. The van der Waals surface area contributed by atoms with Crippen molar-refractivity contribution in [1.82, 2.24) is 0 Å². The van der Waals surface area contributed by atoms with E-state index >= 15 is 0 Å². The second-order valence-corrected chi connectivity index (χ2v) is 3.22. The first-order valence-corrected chi connectivity index (χ1v) is 3.03. The summed E-state index contributed by atoms with van der Waals surface area (Å²) in [6.45, 7) is 1.70. The zero-order valence-electron chi connectivity index (χ0n) is 3.93. The second-order valence-electron chi connectivity index (χ2n) is 1.49. The molecule has 0 bridgehead atoms. The average Bonchev–Trinajstić information content (AvgIpc) is 1.36. The van der Waals surface area contributed by atoms with Crippen LogP contribution in [0.3, 0.4) is 0 Å². The summed E-state index contributed by atoms with van der Waals surface area (Å²) in [5, 5.41) is 8.03. The Morgan fingerprint density at radius 3 is 2.17 bits per heavy atom. The molecule has 0 aliphatic rings. The van der Waals surface area contributed by atoms with Gasteiger partial charge in [-0.3, -0.25) is 4.79 Å². The van der Waals surface area contributed by atoms with Crippen LogP contribution in [-0.4, -0.2) is 21.3 Å². The van der Waals surface area contributed by atoms with Crippen molar-refractivity contribution in [3.63, 3.8) is 0 Å². The van der Waals surface area contributed by atoms with E-state index in [-0.39, 0.29) is 5.54 Å². The zero-order valence-corrected chi connectivity index (χ0v) is 5.93. The third-order valence-electron chi connectivity index (χ3n) is 0.494. The third kappa shape index (κ3) is 1.96. The second kappa shape index (κ2) is 1.97. The van der Waals surface area contributed by atoms with E-state index in [9.17, 15) is 4.79 Å². The van der Waals surface area contributed by atoms with Crippen molar-refractivity contribution in [2.24, 2.45) is 0 Å². The molecule has 6 heavy (non-hydrogen) atoms. The molecule has 0 aromatic carbocycles. The van der Waals surface area contributed by atoms with Crippen LogP contribution < -0.4 is 0 Å². The van der Waals surface area contributed by atoms with Crippen molar-refractivity contribution in [2.45, 2.75) is 12.5 Å². The molecule has 0 aliphatic heterocycles. The average molecular weight is 104 g/mol. The molecule has 36 valence electrons. The van der Waals surface area contributed by atoms with E-state index in [0.29, 0.717) is 0 Å². The molecule has 0 amide bonds. The number of hydrogen-bond donors (Lipinski definition) is 1. The molecule has 0 aliphatic carbocycles. The van der Waals surface area contributed by atoms with Gasteiger partial charge in [-0.1, -0.05) is 6.92 Å². The van der Waals surface area contributed by atoms with Gasteiger partial charge in [0.05, 0.1) is 0 Å². The number of carboxylic acids is 1. The lowest BCUT2D eigenvalue weighted by Gasteiger charge is -1.89. The molecule has 0 saturated heterocycles. The summed E-state index contributed by atoms with van der Waals surface area (Å²) in [6.07, 6.45) is 0. The number of rotatable bonds is 1. The molecule has 1 unspecified atom stereocenters. The highest BCUT2D eigenvalue weighted by atomic mass is 28.1. The lowest BCUT2D eigenvalue weighted by Crippen LogP contribution is -2.01. The van der Waals surface area contributed by atoms with E-state index in [2.05, 4.69) is 0 Å². The number of hydrogen-bond acceptors (Lipinski definition) is 1. The normalized spacial score (nSPS) is 14.2. The minimum atomic E-state index is -0.679. The van der Waals surface area contributed by atoms with Gasteiger partial charge in [-0.2, -0.15) is 0 Å².